The SMILES string of the molecule is C=CCC1(C)C(C)=NN=C1c1ccccc1. The molecule has 0 amide bonds. The van der Waals surface area contributed by atoms with Crippen molar-refractivity contribution in [2.45, 2.75) is 20.3 Å². The Labute approximate surface area is 96.4 Å². The van der Waals surface area contributed by atoms with Crippen LogP contribution in [0.15, 0.2) is 53.2 Å². The fraction of sp³-hybridized carbons (Fsp3) is 0.286. The van der Waals surface area contributed by atoms with Crippen molar-refractivity contribution in [1.82, 2.24) is 0 Å². The van der Waals surface area contributed by atoms with E-state index >= 15 is 0 Å². The molecule has 1 aromatic carbocycles. The van der Waals surface area contributed by atoms with Gasteiger partial charge < -0.3 is 0 Å². The summed E-state index contributed by atoms with van der Waals surface area (Å²) in [5.41, 5.74) is 3.16. The molecule has 1 unspecified atom stereocenters. The van der Waals surface area contributed by atoms with Crippen LogP contribution in [0.2, 0.25) is 0 Å². The lowest BCUT2D eigenvalue weighted by Gasteiger charge is -2.25. The molecule has 1 heterocycles. The minimum atomic E-state index is -0.0941. The van der Waals surface area contributed by atoms with E-state index in [0.717, 1.165) is 23.4 Å². The Kier molecular flexibility index (Phi) is 2.73. The second-order valence-corrected chi connectivity index (χ2v) is 4.32. The van der Waals surface area contributed by atoms with E-state index in [1.807, 2.05) is 31.2 Å². The van der Waals surface area contributed by atoms with Crippen LogP contribution in [0.25, 0.3) is 0 Å². The summed E-state index contributed by atoms with van der Waals surface area (Å²) in [4.78, 5) is 0. The second kappa shape index (κ2) is 4.05. The van der Waals surface area contributed by atoms with Gasteiger partial charge in [0, 0.05) is 5.71 Å². The molecule has 0 radical (unpaired) electrons. The van der Waals surface area contributed by atoms with E-state index in [1.165, 1.54) is 0 Å². The summed E-state index contributed by atoms with van der Waals surface area (Å²) >= 11 is 0. The van der Waals surface area contributed by atoms with E-state index in [0.29, 0.717) is 0 Å². The first-order chi connectivity index (χ1) is 7.68. The molecule has 1 aliphatic heterocycles. The summed E-state index contributed by atoms with van der Waals surface area (Å²) in [7, 11) is 0. The average Bonchev–Trinajstić information content (AvgIpc) is 2.58. The van der Waals surface area contributed by atoms with Crippen molar-refractivity contribution in [2.24, 2.45) is 15.6 Å². The van der Waals surface area contributed by atoms with Crippen LogP contribution in [0.4, 0.5) is 0 Å². The molecule has 1 aliphatic rings. The fourth-order valence-electron chi connectivity index (χ4n) is 2.02. The summed E-state index contributed by atoms with van der Waals surface area (Å²) in [6.07, 6.45) is 2.80. The number of hydrogen-bond donors (Lipinski definition) is 0. The predicted molar refractivity (Wildman–Crippen MR) is 69.0 cm³/mol. The molecule has 0 aromatic heterocycles. The molecule has 0 N–H and O–H groups in total. The summed E-state index contributed by atoms with van der Waals surface area (Å²) in [6.45, 7) is 8.03. The summed E-state index contributed by atoms with van der Waals surface area (Å²) in [5.74, 6) is 0. The van der Waals surface area contributed by atoms with Crippen molar-refractivity contribution in [1.29, 1.82) is 0 Å². The lowest BCUT2D eigenvalue weighted by atomic mass is 9.76. The highest BCUT2D eigenvalue weighted by Crippen LogP contribution is 2.33. The fourth-order valence-corrected chi connectivity index (χ4v) is 2.02. The highest BCUT2D eigenvalue weighted by atomic mass is 15.2. The normalized spacial score (nSPS) is 23.9. The van der Waals surface area contributed by atoms with Gasteiger partial charge in [-0.1, -0.05) is 36.4 Å². The third-order valence-corrected chi connectivity index (χ3v) is 3.22. The zero-order chi connectivity index (χ0) is 11.6. The molecule has 2 rings (SSSR count). The Morgan fingerprint density at radius 1 is 1.25 bits per heavy atom. The van der Waals surface area contributed by atoms with Crippen molar-refractivity contribution in [3.63, 3.8) is 0 Å². The first-order valence-electron chi connectivity index (χ1n) is 5.48. The molecule has 2 nitrogen and oxygen atoms in total. The van der Waals surface area contributed by atoms with Crippen LogP contribution in [-0.2, 0) is 0 Å². The molecule has 1 aromatic rings. The van der Waals surface area contributed by atoms with Crippen molar-refractivity contribution in [2.75, 3.05) is 0 Å². The minimum Gasteiger partial charge on any atom is -0.159 e. The Hall–Kier alpha value is -1.70. The molecule has 0 bridgehead atoms. The second-order valence-electron chi connectivity index (χ2n) is 4.32. The largest absolute Gasteiger partial charge is 0.159 e. The van der Waals surface area contributed by atoms with Gasteiger partial charge in [0.05, 0.1) is 11.1 Å². The maximum atomic E-state index is 4.32. The first-order valence-corrected chi connectivity index (χ1v) is 5.48. The number of rotatable bonds is 3. The standard InChI is InChI=1S/C14H16N2/c1-4-10-14(3)11(2)15-16-13(14)12-8-6-5-7-9-12/h4-9H,1,10H2,2-3H3. The van der Waals surface area contributed by atoms with Gasteiger partial charge in [-0.2, -0.15) is 10.2 Å². The predicted octanol–water partition coefficient (Wildman–Crippen LogP) is 3.45. The van der Waals surface area contributed by atoms with Gasteiger partial charge in [0.2, 0.25) is 0 Å². The van der Waals surface area contributed by atoms with Gasteiger partial charge in [-0.05, 0) is 25.8 Å². The number of benzene rings is 1. The summed E-state index contributed by atoms with van der Waals surface area (Å²) in [6, 6.07) is 10.2. The molecule has 0 spiro atoms. The number of allylic oxidation sites excluding steroid dienone is 1. The molecule has 0 saturated heterocycles. The summed E-state index contributed by atoms with van der Waals surface area (Å²) < 4.78 is 0. The Morgan fingerprint density at radius 2 is 1.94 bits per heavy atom. The number of hydrogen-bond acceptors (Lipinski definition) is 2. The smallest absolute Gasteiger partial charge is 0.0821 e. The molecule has 1 atom stereocenters. The van der Waals surface area contributed by atoms with Crippen LogP contribution in [0.5, 0.6) is 0 Å². The van der Waals surface area contributed by atoms with Crippen molar-refractivity contribution >= 4 is 11.4 Å². The van der Waals surface area contributed by atoms with Crippen LogP contribution in [0.1, 0.15) is 25.8 Å². The van der Waals surface area contributed by atoms with Crippen LogP contribution < -0.4 is 0 Å². The van der Waals surface area contributed by atoms with E-state index < -0.39 is 0 Å². The Balaban J connectivity index is 2.41. The quantitative estimate of drug-likeness (QED) is 0.686. The summed E-state index contributed by atoms with van der Waals surface area (Å²) in [5, 5.41) is 8.54. The molecule has 82 valence electrons. The van der Waals surface area contributed by atoms with Crippen LogP contribution >= 0.6 is 0 Å². The maximum Gasteiger partial charge on any atom is 0.0821 e. The Morgan fingerprint density at radius 3 is 2.56 bits per heavy atom. The van der Waals surface area contributed by atoms with E-state index in [2.05, 4.69) is 35.8 Å². The van der Waals surface area contributed by atoms with Crippen LogP contribution in [0.3, 0.4) is 0 Å². The maximum absolute atomic E-state index is 4.32. The lowest BCUT2D eigenvalue weighted by Crippen LogP contribution is -2.31. The average molecular weight is 212 g/mol. The molecular formula is C14H16N2. The van der Waals surface area contributed by atoms with Gasteiger partial charge in [0.25, 0.3) is 0 Å². The monoisotopic (exact) mass is 212 g/mol. The van der Waals surface area contributed by atoms with Crippen molar-refractivity contribution in [3.8, 4) is 0 Å². The topological polar surface area (TPSA) is 24.7 Å². The molecule has 0 fully saturated rings. The zero-order valence-electron chi connectivity index (χ0n) is 9.77. The molecule has 0 aliphatic carbocycles. The third-order valence-electron chi connectivity index (χ3n) is 3.22. The molecular weight excluding hydrogens is 196 g/mol. The highest BCUT2D eigenvalue weighted by molar-refractivity contribution is 6.20. The van der Waals surface area contributed by atoms with E-state index in [4.69, 9.17) is 0 Å². The Bertz CT molecular complexity index is 457. The highest BCUT2D eigenvalue weighted by Gasteiger charge is 2.37. The van der Waals surface area contributed by atoms with Gasteiger partial charge >= 0.3 is 0 Å². The zero-order valence-corrected chi connectivity index (χ0v) is 9.77. The van der Waals surface area contributed by atoms with E-state index in [1.54, 1.807) is 0 Å². The van der Waals surface area contributed by atoms with Gasteiger partial charge in [0.1, 0.15) is 0 Å². The van der Waals surface area contributed by atoms with Crippen LogP contribution in [-0.4, -0.2) is 11.4 Å². The van der Waals surface area contributed by atoms with Gasteiger partial charge in [-0.25, -0.2) is 0 Å². The first kappa shape index (κ1) is 10.8. The third kappa shape index (κ3) is 1.60. The lowest BCUT2D eigenvalue weighted by molar-refractivity contribution is 0.664. The van der Waals surface area contributed by atoms with E-state index in [-0.39, 0.29) is 5.41 Å². The number of nitrogens with zero attached hydrogens (tertiary/aromatic N) is 2. The van der Waals surface area contributed by atoms with Crippen molar-refractivity contribution < 1.29 is 0 Å². The molecule has 16 heavy (non-hydrogen) atoms. The van der Waals surface area contributed by atoms with Crippen molar-refractivity contribution in [3.05, 3.63) is 48.6 Å². The van der Waals surface area contributed by atoms with Gasteiger partial charge in [0.15, 0.2) is 0 Å². The van der Waals surface area contributed by atoms with Gasteiger partial charge in [-0.15, -0.1) is 6.58 Å². The van der Waals surface area contributed by atoms with Gasteiger partial charge in [-0.3, -0.25) is 0 Å². The molecule has 2 heteroatoms. The van der Waals surface area contributed by atoms with Crippen LogP contribution in [0, 0.1) is 5.41 Å². The van der Waals surface area contributed by atoms with E-state index in [9.17, 15) is 0 Å². The minimum absolute atomic E-state index is 0.0941. The molecule has 0 saturated carbocycles.